The quantitative estimate of drug-likeness (QED) is 0.689. The summed E-state index contributed by atoms with van der Waals surface area (Å²) < 4.78 is 4.80. The van der Waals surface area contributed by atoms with Gasteiger partial charge in [0, 0.05) is 0 Å². The highest BCUT2D eigenvalue weighted by molar-refractivity contribution is 5.93. The molecule has 1 amide bonds. The van der Waals surface area contributed by atoms with Gasteiger partial charge >= 0.3 is 5.97 Å². The van der Waals surface area contributed by atoms with Crippen molar-refractivity contribution in [2.45, 2.75) is 44.2 Å². The number of carbonyl (C=O) groups is 2. The number of ether oxygens (including phenoxy) is 1. The van der Waals surface area contributed by atoms with Crippen molar-refractivity contribution in [3.05, 3.63) is 0 Å². The maximum atomic E-state index is 12.0. The molecule has 2 rings (SSSR count). The van der Waals surface area contributed by atoms with Crippen LogP contribution in [0.2, 0.25) is 0 Å². The van der Waals surface area contributed by atoms with Crippen molar-refractivity contribution < 1.29 is 14.3 Å². The minimum atomic E-state index is -0.745. The summed E-state index contributed by atoms with van der Waals surface area (Å²) in [4.78, 5) is 23.8. The van der Waals surface area contributed by atoms with Gasteiger partial charge in [0.05, 0.1) is 13.2 Å². The second-order valence-corrected chi connectivity index (χ2v) is 4.91. The Morgan fingerprint density at radius 1 is 1.53 bits per heavy atom. The van der Waals surface area contributed by atoms with Crippen LogP contribution in [-0.2, 0) is 14.3 Å². The fraction of sp³-hybridized carbons (Fsp3) is 0.833. The van der Waals surface area contributed by atoms with E-state index < -0.39 is 5.54 Å². The third-order valence-corrected chi connectivity index (χ3v) is 3.87. The molecule has 2 fully saturated rings. The lowest BCUT2D eigenvalue weighted by atomic mass is 10.1. The first-order valence-corrected chi connectivity index (χ1v) is 6.28. The molecule has 0 spiro atoms. The largest absolute Gasteiger partial charge is 0.467 e. The molecule has 0 bridgehead atoms. The van der Waals surface area contributed by atoms with Gasteiger partial charge in [0.15, 0.2) is 0 Å². The highest BCUT2D eigenvalue weighted by Gasteiger charge is 2.61. The summed E-state index contributed by atoms with van der Waals surface area (Å²) in [5.41, 5.74) is -0.745. The van der Waals surface area contributed by atoms with Crippen molar-refractivity contribution in [2.75, 3.05) is 13.7 Å². The minimum Gasteiger partial charge on any atom is -0.467 e. The zero-order valence-corrected chi connectivity index (χ0v) is 10.4. The summed E-state index contributed by atoms with van der Waals surface area (Å²) in [5, 5.41) is 6.02. The van der Waals surface area contributed by atoms with Crippen LogP contribution in [0.25, 0.3) is 0 Å². The van der Waals surface area contributed by atoms with E-state index in [2.05, 4.69) is 10.6 Å². The van der Waals surface area contributed by atoms with Crippen LogP contribution < -0.4 is 10.6 Å². The summed E-state index contributed by atoms with van der Waals surface area (Å²) in [6, 6.07) is -0.144. The summed E-state index contributed by atoms with van der Waals surface area (Å²) in [5.74, 6) is -0.153. The fourth-order valence-corrected chi connectivity index (χ4v) is 2.67. The number of rotatable bonds is 4. The van der Waals surface area contributed by atoms with Crippen molar-refractivity contribution in [3.8, 4) is 0 Å². The Morgan fingerprint density at radius 2 is 2.29 bits per heavy atom. The molecule has 2 aliphatic rings. The molecule has 5 heteroatoms. The monoisotopic (exact) mass is 240 g/mol. The van der Waals surface area contributed by atoms with Gasteiger partial charge in [0.25, 0.3) is 0 Å². The Morgan fingerprint density at radius 3 is 2.76 bits per heavy atom. The Bertz CT molecular complexity index is 326. The molecule has 1 saturated carbocycles. The average molecular weight is 240 g/mol. The maximum Gasteiger partial charge on any atom is 0.331 e. The molecule has 1 aliphatic heterocycles. The number of methoxy groups -OCH3 is 1. The number of hydrogen-bond donors (Lipinski definition) is 2. The maximum absolute atomic E-state index is 12.0. The van der Waals surface area contributed by atoms with Gasteiger partial charge in [-0.3, -0.25) is 4.79 Å². The normalized spacial score (nSPS) is 35.4. The van der Waals surface area contributed by atoms with E-state index >= 15 is 0 Å². The zero-order chi connectivity index (χ0) is 12.5. The summed E-state index contributed by atoms with van der Waals surface area (Å²) >= 11 is 0. The van der Waals surface area contributed by atoms with E-state index in [9.17, 15) is 9.59 Å². The van der Waals surface area contributed by atoms with E-state index in [0.717, 1.165) is 25.8 Å². The number of nitrogens with one attached hydrogen (secondary N) is 2. The van der Waals surface area contributed by atoms with Crippen molar-refractivity contribution in [3.63, 3.8) is 0 Å². The van der Waals surface area contributed by atoms with E-state index in [1.165, 1.54) is 7.11 Å². The molecule has 0 unspecified atom stereocenters. The molecule has 5 nitrogen and oxygen atoms in total. The summed E-state index contributed by atoms with van der Waals surface area (Å²) in [7, 11) is 1.37. The second kappa shape index (κ2) is 4.64. The van der Waals surface area contributed by atoms with Crippen molar-refractivity contribution in [1.82, 2.24) is 10.6 Å². The average Bonchev–Trinajstić information content (AvgIpc) is 2.79. The molecule has 3 atom stereocenters. The Balaban J connectivity index is 1.99. The van der Waals surface area contributed by atoms with Gasteiger partial charge in [-0.1, -0.05) is 13.3 Å². The first-order chi connectivity index (χ1) is 8.14. The van der Waals surface area contributed by atoms with Crippen LogP contribution in [0.1, 0.15) is 32.6 Å². The van der Waals surface area contributed by atoms with Crippen molar-refractivity contribution in [2.24, 2.45) is 5.92 Å². The lowest BCUT2D eigenvalue weighted by Crippen LogP contribution is -2.51. The molecule has 0 aromatic carbocycles. The molecule has 96 valence electrons. The van der Waals surface area contributed by atoms with Crippen LogP contribution >= 0.6 is 0 Å². The topological polar surface area (TPSA) is 67.4 Å². The molecule has 2 N–H and O–H groups in total. The van der Waals surface area contributed by atoms with Gasteiger partial charge in [0.1, 0.15) is 5.54 Å². The number of hydrogen-bond acceptors (Lipinski definition) is 4. The van der Waals surface area contributed by atoms with E-state index in [-0.39, 0.29) is 23.8 Å². The van der Waals surface area contributed by atoms with Gasteiger partial charge in [-0.05, 0) is 31.7 Å². The lowest BCUT2D eigenvalue weighted by molar-refractivity contribution is -0.147. The predicted octanol–water partition coefficient (Wildman–Crippen LogP) is 0.196. The molecule has 1 heterocycles. The Hall–Kier alpha value is -1.10. The highest BCUT2D eigenvalue weighted by Crippen LogP contribution is 2.46. The SMILES string of the molecule is CC[C@@H]1C[C@]1(NC(=O)[C@@H]1CCCN1)C(=O)OC. The van der Waals surface area contributed by atoms with E-state index in [1.54, 1.807) is 0 Å². The van der Waals surface area contributed by atoms with Crippen LogP contribution in [0.4, 0.5) is 0 Å². The highest BCUT2D eigenvalue weighted by atomic mass is 16.5. The minimum absolute atomic E-state index is 0.0659. The predicted molar refractivity (Wildman–Crippen MR) is 62.3 cm³/mol. The lowest BCUT2D eigenvalue weighted by Gasteiger charge is -2.19. The van der Waals surface area contributed by atoms with Gasteiger partial charge in [-0.15, -0.1) is 0 Å². The summed E-state index contributed by atoms with van der Waals surface area (Å²) in [6.45, 7) is 2.90. The molecular formula is C12H20N2O3. The van der Waals surface area contributed by atoms with Gasteiger partial charge in [0.2, 0.25) is 5.91 Å². The van der Waals surface area contributed by atoms with Gasteiger partial charge < -0.3 is 15.4 Å². The van der Waals surface area contributed by atoms with Crippen LogP contribution in [0.5, 0.6) is 0 Å². The van der Waals surface area contributed by atoms with Crippen LogP contribution in [0, 0.1) is 5.92 Å². The number of amides is 1. The van der Waals surface area contributed by atoms with Crippen molar-refractivity contribution >= 4 is 11.9 Å². The van der Waals surface area contributed by atoms with E-state index in [0.29, 0.717) is 6.42 Å². The Labute approximate surface area is 101 Å². The van der Waals surface area contributed by atoms with Gasteiger partial charge in [-0.25, -0.2) is 4.79 Å². The smallest absolute Gasteiger partial charge is 0.331 e. The van der Waals surface area contributed by atoms with Crippen LogP contribution in [0.15, 0.2) is 0 Å². The molecule has 1 saturated heterocycles. The fourth-order valence-electron chi connectivity index (χ4n) is 2.67. The first-order valence-electron chi connectivity index (χ1n) is 6.28. The first kappa shape index (κ1) is 12.4. The van der Waals surface area contributed by atoms with Gasteiger partial charge in [-0.2, -0.15) is 0 Å². The second-order valence-electron chi connectivity index (χ2n) is 4.91. The summed E-state index contributed by atoms with van der Waals surface area (Å²) in [6.07, 6.45) is 3.45. The number of carbonyl (C=O) groups excluding carboxylic acids is 2. The zero-order valence-electron chi connectivity index (χ0n) is 10.4. The molecule has 1 aliphatic carbocycles. The standard InChI is InChI=1S/C12H20N2O3/c1-3-8-7-12(8,11(16)17-2)14-10(15)9-5-4-6-13-9/h8-9,13H,3-7H2,1-2H3,(H,14,15)/t8-,9+,12-/m1/s1. The molecule has 0 radical (unpaired) electrons. The van der Waals surface area contributed by atoms with Crippen molar-refractivity contribution in [1.29, 1.82) is 0 Å². The van der Waals surface area contributed by atoms with Crippen LogP contribution in [0.3, 0.4) is 0 Å². The molecular weight excluding hydrogens is 220 g/mol. The van der Waals surface area contributed by atoms with Crippen LogP contribution in [-0.4, -0.2) is 37.1 Å². The number of esters is 1. The molecule has 17 heavy (non-hydrogen) atoms. The molecule has 0 aromatic heterocycles. The third kappa shape index (κ3) is 2.16. The third-order valence-electron chi connectivity index (χ3n) is 3.87. The van der Waals surface area contributed by atoms with E-state index in [4.69, 9.17) is 4.74 Å². The van der Waals surface area contributed by atoms with E-state index in [1.807, 2.05) is 6.92 Å². The Kier molecular flexibility index (Phi) is 3.38. The molecule has 0 aromatic rings.